The maximum atomic E-state index is 11.6. The zero-order valence-corrected chi connectivity index (χ0v) is 11.6. The number of hydrogen-bond acceptors (Lipinski definition) is 3. The Balaban J connectivity index is 2.78. The third kappa shape index (κ3) is 4.72. The molecule has 0 radical (unpaired) electrons. The molecule has 0 amide bonds. The number of hydrogen-bond donors (Lipinski definition) is 1. The van der Waals surface area contributed by atoms with Crippen LogP contribution in [-0.2, 0) is 22.4 Å². The third-order valence-electron chi connectivity index (χ3n) is 2.76. The molecule has 0 unspecified atom stereocenters. The average molecular weight is 274 g/mol. The van der Waals surface area contributed by atoms with Gasteiger partial charge in [-0.1, -0.05) is 38.1 Å². The Kier molecular flexibility index (Phi) is 6.23. The molecular formula is C16H18O4. The molecule has 20 heavy (non-hydrogen) atoms. The van der Waals surface area contributed by atoms with Crippen molar-refractivity contribution in [3.8, 4) is 5.75 Å². The molecule has 4 heteroatoms. The zero-order valence-electron chi connectivity index (χ0n) is 11.6. The summed E-state index contributed by atoms with van der Waals surface area (Å²) in [6, 6.07) is 5.63. The minimum Gasteiger partial charge on any atom is -0.478 e. The van der Waals surface area contributed by atoms with Crippen LogP contribution in [0.2, 0.25) is 0 Å². The van der Waals surface area contributed by atoms with Gasteiger partial charge in [0.1, 0.15) is 5.75 Å². The van der Waals surface area contributed by atoms with Crippen LogP contribution in [0.15, 0.2) is 42.5 Å². The highest BCUT2D eigenvalue weighted by atomic mass is 16.5. The van der Waals surface area contributed by atoms with Gasteiger partial charge in [-0.3, -0.25) is 0 Å². The topological polar surface area (TPSA) is 63.6 Å². The molecule has 0 bridgehead atoms. The fourth-order valence-corrected chi connectivity index (χ4v) is 1.85. The van der Waals surface area contributed by atoms with Gasteiger partial charge in [0.25, 0.3) is 0 Å². The molecule has 1 N–H and O–H groups in total. The number of carbonyl (C=O) groups is 2. The third-order valence-corrected chi connectivity index (χ3v) is 2.76. The van der Waals surface area contributed by atoms with Crippen molar-refractivity contribution in [2.75, 3.05) is 0 Å². The van der Waals surface area contributed by atoms with E-state index >= 15 is 0 Å². The van der Waals surface area contributed by atoms with Gasteiger partial charge >= 0.3 is 11.9 Å². The maximum absolute atomic E-state index is 11.6. The first-order valence-electron chi connectivity index (χ1n) is 6.48. The molecule has 0 atom stereocenters. The van der Waals surface area contributed by atoms with Gasteiger partial charge in [0.2, 0.25) is 0 Å². The lowest BCUT2D eigenvalue weighted by molar-refractivity contribution is -0.131. The van der Waals surface area contributed by atoms with E-state index in [4.69, 9.17) is 9.84 Å². The van der Waals surface area contributed by atoms with Crippen molar-refractivity contribution in [2.45, 2.75) is 26.7 Å². The van der Waals surface area contributed by atoms with E-state index in [-0.39, 0.29) is 0 Å². The summed E-state index contributed by atoms with van der Waals surface area (Å²) in [5.74, 6) is -1.03. The lowest BCUT2D eigenvalue weighted by Crippen LogP contribution is -2.07. The summed E-state index contributed by atoms with van der Waals surface area (Å²) >= 11 is 0. The fraction of sp³-hybridized carbons (Fsp3) is 0.250. The largest absolute Gasteiger partial charge is 0.478 e. The summed E-state index contributed by atoms with van der Waals surface area (Å²) in [6.07, 6.45) is 6.41. The number of esters is 1. The molecule has 0 aromatic heterocycles. The van der Waals surface area contributed by atoms with E-state index in [2.05, 4.69) is 6.92 Å². The van der Waals surface area contributed by atoms with Gasteiger partial charge in [0.05, 0.1) is 0 Å². The van der Waals surface area contributed by atoms with Crippen LogP contribution < -0.4 is 4.74 Å². The summed E-state index contributed by atoms with van der Waals surface area (Å²) in [5.41, 5.74) is 2.19. The predicted octanol–water partition coefficient (Wildman–Crippen LogP) is 2.91. The lowest BCUT2D eigenvalue weighted by Gasteiger charge is -2.11. The molecule has 1 aromatic carbocycles. The number of benzene rings is 1. The van der Waals surface area contributed by atoms with Crippen molar-refractivity contribution >= 4 is 11.9 Å². The molecule has 0 aliphatic carbocycles. The lowest BCUT2D eigenvalue weighted by atomic mass is 10.0. The Morgan fingerprint density at radius 1 is 1.15 bits per heavy atom. The van der Waals surface area contributed by atoms with Crippen LogP contribution in [0.25, 0.3) is 0 Å². The number of ether oxygens (including phenoxy) is 1. The number of carboxylic acid groups (broad SMARTS) is 1. The van der Waals surface area contributed by atoms with Gasteiger partial charge in [0.15, 0.2) is 0 Å². The number of rotatable bonds is 6. The molecule has 0 spiro atoms. The van der Waals surface area contributed by atoms with Crippen molar-refractivity contribution in [3.63, 3.8) is 0 Å². The average Bonchev–Trinajstić information content (AvgIpc) is 2.43. The van der Waals surface area contributed by atoms with Crippen LogP contribution in [-0.4, -0.2) is 17.0 Å². The number of carboxylic acids is 1. The predicted molar refractivity (Wildman–Crippen MR) is 76.7 cm³/mol. The van der Waals surface area contributed by atoms with Crippen LogP contribution >= 0.6 is 0 Å². The first kappa shape index (κ1) is 15.7. The van der Waals surface area contributed by atoms with Crippen LogP contribution in [0.3, 0.4) is 0 Å². The highest BCUT2D eigenvalue weighted by Crippen LogP contribution is 2.23. The van der Waals surface area contributed by atoms with Crippen molar-refractivity contribution in [1.82, 2.24) is 0 Å². The second kappa shape index (κ2) is 7.94. The number of aliphatic carboxylic acids is 1. The Hall–Kier alpha value is -2.36. The Morgan fingerprint density at radius 2 is 1.85 bits per heavy atom. The molecule has 0 aliphatic heterocycles. The van der Waals surface area contributed by atoms with Gasteiger partial charge in [0, 0.05) is 12.2 Å². The Bertz CT molecular complexity index is 541. The molecular weight excluding hydrogens is 256 g/mol. The Labute approximate surface area is 118 Å². The highest BCUT2D eigenvalue weighted by Gasteiger charge is 2.08. The van der Waals surface area contributed by atoms with E-state index in [1.807, 2.05) is 19.1 Å². The molecule has 0 aliphatic rings. The molecule has 0 saturated heterocycles. The second-order valence-electron chi connectivity index (χ2n) is 4.08. The maximum Gasteiger partial charge on any atom is 0.336 e. The van der Waals surface area contributed by atoms with Gasteiger partial charge in [-0.2, -0.15) is 0 Å². The number of carbonyl (C=O) groups excluding carboxylic acids is 1. The van der Waals surface area contributed by atoms with Crippen LogP contribution in [0.5, 0.6) is 5.75 Å². The van der Waals surface area contributed by atoms with E-state index < -0.39 is 11.9 Å². The summed E-state index contributed by atoms with van der Waals surface area (Å²) in [6.45, 7) is 4.06. The summed E-state index contributed by atoms with van der Waals surface area (Å²) < 4.78 is 5.28. The Morgan fingerprint density at radius 3 is 2.45 bits per heavy atom. The van der Waals surface area contributed by atoms with Gasteiger partial charge in [-0.25, -0.2) is 9.59 Å². The molecule has 1 aromatic rings. The normalized spacial score (nSPS) is 11.1. The summed E-state index contributed by atoms with van der Waals surface area (Å²) in [7, 11) is 0. The van der Waals surface area contributed by atoms with Crippen LogP contribution in [0.4, 0.5) is 0 Å². The summed E-state index contributed by atoms with van der Waals surface area (Å²) in [4.78, 5) is 21.9. The van der Waals surface area contributed by atoms with Gasteiger partial charge in [-0.05, 0) is 30.0 Å². The second-order valence-corrected chi connectivity index (χ2v) is 4.08. The number of allylic oxidation sites excluding steroid dienone is 2. The van der Waals surface area contributed by atoms with E-state index in [1.165, 1.54) is 18.2 Å². The molecule has 106 valence electrons. The molecule has 1 rings (SSSR count). The highest BCUT2D eigenvalue weighted by molar-refractivity contribution is 5.85. The monoisotopic (exact) mass is 274 g/mol. The quantitative estimate of drug-likeness (QED) is 0.375. The van der Waals surface area contributed by atoms with Crippen molar-refractivity contribution in [1.29, 1.82) is 0 Å². The SMILES string of the molecule is CCc1cccc(OC(=O)C=CC=CC(=O)O)c1CC. The molecule has 0 saturated carbocycles. The zero-order chi connectivity index (χ0) is 15.0. The van der Waals surface area contributed by atoms with Gasteiger partial charge in [-0.15, -0.1) is 0 Å². The van der Waals surface area contributed by atoms with Crippen molar-refractivity contribution < 1.29 is 19.4 Å². The van der Waals surface area contributed by atoms with E-state index in [1.54, 1.807) is 6.07 Å². The molecule has 0 heterocycles. The van der Waals surface area contributed by atoms with Crippen LogP contribution in [0.1, 0.15) is 25.0 Å². The van der Waals surface area contributed by atoms with E-state index in [9.17, 15) is 9.59 Å². The summed E-state index contributed by atoms with van der Waals surface area (Å²) in [5, 5.41) is 8.40. The van der Waals surface area contributed by atoms with Crippen LogP contribution in [0, 0.1) is 0 Å². The standard InChI is InChI=1S/C16H18O4/c1-3-12-8-7-9-14(13(12)4-2)20-16(19)11-6-5-10-15(17)18/h5-11H,3-4H2,1-2H3,(H,17,18). The van der Waals surface area contributed by atoms with Crippen molar-refractivity contribution in [3.05, 3.63) is 53.6 Å². The van der Waals surface area contributed by atoms with Crippen molar-refractivity contribution in [2.24, 2.45) is 0 Å². The fourth-order valence-electron chi connectivity index (χ4n) is 1.85. The van der Waals surface area contributed by atoms with E-state index in [0.29, 0.717) is 5.75 Å². The smallest absolute Gasteiger partial charge is 0.336 e. The number of aryl methyl sites for hydroxylation is 1. The minimum absolute atomic E-state index is 0.525. The first-order chi connectivity index (χ1) is 9.58. The minimum atomic E-state index is -1.06. The molecule has 4 nitrogen and oxygen atoms in total. The molecule has 0 fully saturated rings. The van der Waals surface area contributed by atoms with E-state index in [0.717, 1.165) is 30.0 Å². The first-order valence-corrected chi connectivity index (χ1v) is 6.48. The van der Waals surface area contributed by atoms with Gasteiger partial charge < -0.3 is 9.84 Å².